The van der Waals surface area contributed by atoms with Gasteiger partial charge in [0.1, 0.15) is 0 Å². The Bertz CT molecular complexity index is 490. The van der Waals surface area contributed by atoms with Crippen LogP contribution in [-0.4, -0.2) is 24.5 Å². The zero-order chi connectivity index (χ0) is 15.0. The van der Waals surface area contributed by atoms with Gasteiger partial charge in [0, 0.05) is 18.1 Å². The maximum absolute atomic E-state index is 12.7. The molecule has 1 unspecified atom stereocenters. The van der Waals surface area contributed by atoms with Crippen LogP contribution in [0.1, 0.15) is 24.5 Å². The van der Waals surface area contributed by atoms with E-state index in [-0.39, 0.29) is 5.41 Å². The van der Waals surface area contributed by atoms with Crippen molar-refractivity contribution >= 4 is 11.6 Å². The summed E-state index contributed by atoms with van der Waals surface area (Å²) in [6.45, 7) is 4.73. The highest BCUT2D eigenvalue weighted by atomic mass is 35.5. The van der Waals surface area contributed by atoms with E-state index in [0.717, 1.165) is 31.6 Å². The van der Waals surface area contributed by atoms with Gasteiger partial charge in [-0.15, -0.1) is 0 Å². The molecule has 2 rings (SSSR count). The summed E-state index contributed by atoms with van der Waals surface area (Å²) in [5, 5.41) is 0.374. The zero-order valence-corrected chi connectivity index (χ0v) is 12.1. The van der Waals surface area contributed by atoms with Crippen molar-refractivity contribution in [2.24, 2.45) is 11.1 Å². The van der Waals surface area contributed by atoms with Gasteiger partial charge in [0.15, 0.2) is 0 Å². The summed E-state index contributed by atoms with van der Waals surface area (Å²) in [6.07, 6.45) is -3.38. The number of hydrogen-bond donors (Lipinski definition) is 1. The van der Waals surface area contributed by atoms with Crippen LogP contribution in [0.25, 0.3) is 0 Å². The molecule has 1 saturated heterocycles. The Kier molecular flexibility index (Phi) is 4.33. The van der Waals surface area contributed by atoms with Crippen LogP contribution >= 0.6 is 11.6 Å². The Balaban J connectivity index is 2.14. The summed E-state index contributed by atoms with van der Waals surface area (Å²) in [5.74, 6) is 0. The van der Waals surface area contributed by atoms with Crippen molar-refractivity contribution in [3.63, 3.8) is 0 Å². The molecule has 1 heterocycles. The molecular weight excluding hydrogens is 289 g/mol. The molecule has 0 bridgehead atoms. The Hall–Kier alpha value is -0.780. The summed E-state index contributed by atoms with van der Waals surface area (Å²) < 4.78 is 38.2. The van der Waals surface area contributed by atoms with Gasteiger partial charge in [-0.05, 0) is 48.7 Å². The number of nitrogens with two attached hydrogens (primary N) is 1. The third-order valence-electron chi connectivity index (χ3n) is 3.90. The maximum atomic E-state index is 12.7. The van der Waals surface area contributed by atoms with Crippen molar-refractivity contribution in [2.75, 3.05) is 19.6 Å². The smallest absolute Gasteiger partial charge is 0.330 e. The molecule has 1 aliphatic rings. The third-order valence-corrected chi connectivity index (χ3v) is 4.27. The molecule has 2 nitrogen and oxygen atoms in total. The van der Waals surface area contributed by atoms with Crippen molar-refractivity contribution in [3.8, 4) is 0 Å². The minimum atomic E-state index is -4.34. The molecule has 0 radical (unpaired) electrons. The van der Waals surface area contributed by atoms with Crippen molar-refractivity contribution in [1.82, 2.24) is 4.90 Å². The molecule has 1 aromatic carbocycles. The number of hydrogen-bond acceptors (Lipinski definition) is 2. The first-order valence-electron chi connectivity index (χ1n) is 6.52. The van der Waals surface area contributed by atoms with Crippen molar-refractivity contribution < 1.29 is 13.2 Å². The first-order valence-corrected chi connectivity index (χ1v) is 6.89. The molecule has 0 aromatic heterocycles. The fourth-order valence-corrected chi connectivity index (χ4v) is 2.72. The van der Waals surface area contributed by atoms with Gasteiger partial charge in [-0.1, -0.05) is 18.5 Å². The van der Waals surface area contributed by atoms with Crippen molar-refractivity contribution in [3.05, 3.63) is 34.3 Å². The summed E-state index contributed by atoms with van der Waals surface area (Å²) in [7, 11) is 0. The summed E-state index contributed by atoms with van der Waals surface area (Å²) >= 11 is 6.01. The average Bonchev–Trinajstić information content (AvgIpc) is 2.73. The molecule has 0 aliphatic carbocycles. The number of alkyl halides is 3. The lowest BCUT2D eigenvalue weighted by Gasteiger charge is -2.23. The van der Waals surface area contributed by atoms with E-state index in [1.54, 1.807) is 0 Å². The lowest BCUT2D eigenvalue weighted by atomic mass is 9.90. The lowest BCUT2D eigenvalue weighted by Crippen LogP contribution is -2.31. The van der Waals surface area contributed by atoms with Crippen LogP contribution in [0.3, 0.4) is 0 Å². The van der Waals surface area contributed by atoms with Crippen molar-refractivity contribution in [1.29, 1.82) is 0 Å². The SMILES string of the molecule is CC1(CN)CCN(Cc2cc(C(F)(F)F)ccc2Cl)C1. The molecule has 0 saturated carbocycles. The second-order valence-corrected chi connectivity index (χ2v) is 6.19. The molecule has 1 atom stereocenters. The lowest BCUT2D eigenvalue weighted by molar-refractivity contribution is -0.137. The topological polar surface area (TPSA) is 29.3 Å². The molecular formula is C14H18ClF3N2. The van der Waals surface area contributed by atoms with Gasteiger partial charge in [-0.2, -0.15) is 13.2 Å². The van der Waals surface area contributed by atoms with Gasteiger partial charge in [-0.3, -0.25) is 4.90 Å². The number of likely N-dealkylation sites (tertiary alicyclic amines) is 1. The Morgan fingerprint density at radius 1 is 1.40 bits per heavy atom. The molecule has 1 aliphatic heterocycles. The minimum Gasteiger partial charge on any atom is -0.330 e. The summed E-state index contributed by atoms with van der Waals surface area (Å²) in [6, 6.07) is 3.47. The van der Waals surface area contributed by atoms with Gasteiger partial charge in [0.05, 0.1) is 5.56 Å². The van der Waals surface area contributed by atoms with Gasteiger partial charge in [0.2, 0.25) is 0 Å². The predicted molar refractivity (Wildman–Crippen MR) is 73.5 cm³/mol. The van der Waals surface area contributed by atoms with E-state index < -0.39 is 11.7 Å². The highest BCUT2D eigenvalue weighted by molar-refractivity contribution is 6.31. The van der Waals surface area contributed by atoms with E-state index in [2.05, 4.69) is 11.8 Å². The summed E-state index contributed by atoms with van der Waals surface area (Å²) in [4.78, 5) is 2.11. The van der Waals surface area contributed by atoms with Crippen LogP contribution in [0, 0.1) is 5.41 Å². The maximum Gasteiger partial charge on any atom is 0.416 e. The fourth-order valence-electron chi connectivity index (χ4n) is 2.54. The van der Waals surface area contributed by atoms with E-state index >= 15 is 0 Å². The first kappa shape index (κ1) is 15.6. The second kappa shape index (κ2) is 5.54. The minimum absolute atomic E-state index is 0.0497. The second-order valence-electron chi connectivity index (χ2n) is 5.78. The number of nitrogens with zero attached hydrogens (tertiary/aromatic N) is 1. The number of rotatable bonds is 3. The summed E-state index contributed by atoms with van der Waals surface area (Å²) in [5.41, 5.74) is 5.64. The van der Waals surface area contributed by atoms with Gasteiger partial charge in [-0.25, -0.2) is 0 Å². The van der Waals surface area contributed by atoms with E-state index in [1.807, 2.05) is 0 Å². The van der Waals surface area contributed by atoms with Crippen LogP contribution in [0.15, 0.2) is 18.2 Å². The first-order chi connectivity index (χ1) is 9.23. The molecule has 1 aromatic rings. The Morgan fingerprint density at radius 2 is 2.10 bits per heavy atom. The molecule has 0 amide bonds. The normalized spacial score (nSPS) is 24.3. The number of halogens is 4. The average molecular weight is 307 g/mol. The van der Waals surface area contributed by atoms with Crippen LogP contribution < -0.4 is 5.73 Å². The van der Waals surface area contributed by atoms with Crippen LogP contribution in [0.4, 0.5) is 13.2 Å². The monoisotopic (exact) mass is 306 g/mol. The van der Waals surface area contributed by atoms with Gasteiger partial charge in [0.25, 0.3) is 0 Å². The van der Waals surface area contributed by atoms with E-state index in [0.29, 0.717) is 23.7 Å². The molecule has 6 heteroatoms. The Labute approximate surface area is 121 Å². The van der Waals surface area contributed by atoms with Crippen molar-refractivity contribution in [2.45, 2.75) is 26.1 Å². The molecule has 1 fully saturated rings. The Morgan fingerprint density at radius 3 is 2.65 bits per heavy atom. The fraction of sp³-hybridized carbons (Fsp3) is 0.571. The quantitative estimate of drug-likeness (QED) is 0.925. The van der Waals surface area contributed by atoms with Gasteiger partial charge < -0.3 is 5.73 Å². The van der Waals surface area contributed by atoms with E-state index in [9.17, 15) is 13.2 Å². The molecule has 20 heavy (non-hydrogen) atoms. The van der Waals surface area contributed by atoms with E-state index in [1.165, 1.54) is 6.07 Å². The largest absolute Gasteiger partial charge is 0.416 e. The standard InChI is InChI=1S/C14H18ClF3N2/c1-13(8-19)4-5-20(9-13)7-10-6-11(14(16,17)18)2-3-12(10)15/h2-3,6H,4-5,7-9,19H2,1H3. The molecule has 0 spiro atoms. The number of benzene rings is 1. The van der Waals surface area contributed by atoms with E-state index in [4.69, 9.17) is 17.3 Å². The van der Waals surface area contributed by atoms with Crippen LogP contribution in [0.5, 0.6) is 0 Å². The molecule has 2 N–H and O–H groups in total. The third kappa shape index (κ3) is 3.45. The molecule has 112 valence electrons. The highest BCUT2D eigenvalue weighted by Crippen LogP contribution is 2.34. The predicted octanol–water partition coefficient (Wildman–Crippen LogP) is 3.53. The van der Waals surface area contributed by atoms with Crippen LogP contribution in [0.2, 0.25) is 5.02 Å². The van der Waals surface area contributed by atoms with Crippen LogP contribution in [-0.2, 0) is 12.7 Å². The highest BCUT2D eigenvalue weighted by Gasteiger charge is 2.34. The van der Waals surface area contributed by atoms with Gasteiger partial charge >= 0.3 is 6.18 Å². The zero-order valence-electron chi connectivity index (χ0n) is 11.3.